The van der Waals surface area contributed by atoms with E-state index in [1.165, 1.54) is 21.1 Å². The van der Waals surface area contributed by atoms with Crippen LogP contribution in [0.1, 0.15) is 6.92 Å². The fourth-order valence-electron chi connectivity index (χ4n) is 1.58. The second-order valence-electron chi connectivity index (χ2n) is 4.26. The first-order valence-electron chi connectivity index (χ1n) is 6.08. The third-order valence-corrected chi connectivity index (χ3v) is 2.64. The summed E-state index contributed by atoms with van der Waals surface area (Å²) in [5.41, 5.74) is 0.360. The van der Waals surface area contributed by atoms with E-state index in [-0.39, 0.29) is 0 Å². The maximum atomic E-state index is 11.8. The second-order valence-corrected chi connectivity index (χ2v) is 4.26. The van der Waals surface area contributed by atoms with Gasteiger partial charge in [0.15, 0.2) is 6.04 Å². The van der Waals surface area contributed by atoms with Gasteiger partial charge in [-0.05, 0) is 6.92 Å². The molecule has 0 heterocycles. The van der Waals surface area contributed by atoms with Gasteiger partial charge in [-0.3, -0.25) is 0 Å². The Morgan fingerprint density at radius 2 is 1.67 bits per heavy atom. The molecule has 2 amide bonds. The van der Waals surface area contributed by atoms with E-state index in [2.05, 4.69) is 10.6 Å². The smallest absolute Gasteiger partial charge is 0.328 e. The van der Waals surface area contributed by atoms with Gasteiger partial charge in [-0.1, -0.05) is 0 Å². The zero-order chi connectivity index (χ0) is 16.0. The normalized spacial score (nSPS) is 13.0. The highest BCUT2D eigenvalue weighted by molar-refractivity contribution is 5.92. The number of rotatable bonds is 6. The number of anilines is 1. The molecule has 0 fully saturated rings. The van der Waals surface area contributed by atoms with Crippen molar-refractivity contribution in [3.05, 3.63) is 18.2 Å². The molecule has 0 saturated heterocycles. The molecule has 0 aromatic heterocycles. The van der Waals surface area contributed by atoms with Crippen LogP contribution in [0.25, 0.3) is 0 Å². The standard InChI is InChI=1S/C13H18N2O6/c1-7(16)11(12(17)18)15-13(19)14-8-4-9(20-2)6-10(5-8)21-3/h4-7,11,16H,1-3H3,(H,17,18)(H2,14,15,19). The van der Waals surface area contributed by atoms with E-state index >= 15 is 0 Å². The van der Waals surface area contributed by atoms with E-state index in [9.17, 15) is 14.7 Å². The number of carbonyl (C=O) groups excluding carboxylic acids is 1. The van der Waals surface area contributed by atoms with Gasteiger partial charge in [0, 0.05) is 23.9 Å². The van der Waals surface area contributed by atoms with Crippen molar-refractivity contribution in [1.82, 2.24) is 5.32 Å². The van der Waals surface area contributed by atoms with Crippen LogP contribution in [0.3, 0.4) is 0 Å². The molecule has 1 rings (SSSR count). The lowest BCUT2D eigenvalue weighted by atomic mass is 10.2. The van der Waals surface area contributed by atoms with Crippen molar-refractivity contribution >= 4 is 17.7 Å². The first-order chi connectivity index (χ1) is 9.87. The molecular formula is C13H18N2O6. The summed E-state index contributed by atoms with van der Waals surface area (Å²) in [5, 5.41) is 22.8. The number of urea groups is 1. The predicted octanol–water partition coefficient (Wildman–Crippen LogP) is 0.659. The van der Waals surface area contributed by atoms with E-state index in [4.69, 9.17) is 14.6 Å². The second kappa shape index (κ2) is 7.34. The summed E-state index contributed by atoms with van der Waals surface area (Å²) in [7, 11) is 2.93. The number of amides is 2. The maximum Gasteiger partial charge on any atom is 0.328 e. The predicted molar refractivity (Wildman–Crippen MR) is 74.8 cm³/mol. The molecule has 0 aliphatic heterocycles. The number of hydrogen-bond acceptors (Lipinski definition) is 5. The Hall–Kier alpha value is -2.48. The fourth-order valence-corrected chi connectivity index (χ4v) is 1.58. The van der Waals surface area contributed by atoms with Gasteiger partial charge in [0.1, 0.15) is 11.5 Å². The third kappa shape index (κ3) is 4.84. The van der Waals surface area contributed by atoms with Crippen LogP contribution in [0.15, 0.2) is 18.2 Å². The van der Waals surface area contributed by atoms with Crippen molar-refractivity contribution in [2.75, 3.05) is 19.5 Å². The number of aliphatic carboxylic acids is 1. The quantitative estimate of drug-likeness (QED) is 0.613. The lowest BCUT2D eigenvalue weighted by Crippen LogP contribution is -2.49. The number of carbonyl (C=O) groups is 2. The largest absolute Gasteiger partial charge is 0.497 e. The number of carboxylic acid groups (broad SMARTS) is 1. The molecule has 0 saturated carbocycles. The highest BCUT2D eigenvalue weighted by atomic mass is 16.5. The summed E-state index contributed by atoms with van der Waals surface area (Å²) < 4.78 is 10.1. The van der Waals surface area contributed by atoms with Gasteiger partial charge in [-0.2, -0.15) is 0 Å². The van der Waals surface area contributed by atoms with E-state index in [1.54, 1.807) is 18.2 Å². The molecule has 0 aliphatic rings. The molecule has 2 unspecified atom stereocenters. The molecule has 1 aromatic carbocycles. The summed E-state index contributed by atoms with van der Waals surface area (Å²) in [4.78, 5) is 22.6. The van der Waals surface area contributed by atoms with Crippen LogP contribution < -0.4 is 20.1 Å². The van der Waals surface area contributed by atoms with Crippen molar-refractivity contribution in [3.8, 4) is 11.5 Å². The number of benzene rings is 1. The molecule has 21 heavy (non-hydrogen) atoms. The van der Waals surface area contributed by atoms with Crippen molar-refractivity contribution in [3.63, 3.8) is 0 Å². The molecule has 0 bridgehead atoms. The Kier molecular flexibility index (Phi) is 5.79. The SMILES string of the molecule is COc1cc(NC(=O)NC(C(=O)O)C(C)O)cc(OC)c1. The van der Waals surface area contributed by atoms with Gasteiger partial charge in [-0.15, -0.1) is 0 Å². The van der Waals surface area contributed by atoms with Crippen LogP contribution in [0.4, 0.5) is 10.5 Å². The average Bonchev–Trinajstić information content (AvgIpc) is 2.43. The summed E-state index contributed by atoms with van der Waals surface area (Å²) in [5.74, 6) is -0.395. The van der Waals surface area contributed by atoms with Gasteiger partial charge >= 0.3 is 12.0 Å². The summed E-state index contributed by atoms with van der Waals surface area (Å²) >= 11 is 0. The molecule has 8 heteroatoms. The topological polar surface area (TPSA) is 117 Å². The summed E-state index contributed by atoms with van der Waals surface area (Å²) in [6.07, 6.45) is -1.23. The molecule has 0 aliphatic carbocycles. The number of hydrogen-bond donors (Lipinski definition) is 4. The van der Waals surface area contributed by atoms with Crippen LogP contribution in [0.2, 0.25) is 0 Å². The van der Waals surface area contributed by atoms with Crippen molar-refractivity contribution in [2.45, 2.75) is 19.1 Å². The van der Waals surface area contributed by atoms with Crippen LogP contribution in [-0.4, -0.2) is 48.6 Å². The Bertz CT molecular complexity index is 495. The Balaban J connectivity index is 2.80. The minimum atomic E-state index is -1.41. The first-order valence-corrected chi connectivity index (χ1v) is 6.08. The Morgan fingerprint density at radius 1 is 1.14 bits per heavy atom. The van der Waals surface area contributed by atoms with Crippen molar-refractivity contribution in [2.24, 2.45) is 0 Å². The van der Waals surface area contributed by atoms with E-state index in [0.29, 0.717) is 17.2 Å². The number of nitrogens with one attached hydrogen (secondary N) is 2. The molecule has 116 valence electrons. The molecule has 8 nitrogen and oxygen atoms in total. The summed E-state index contributed by atoms with van der Waals surface area (Å²) in [6, 6.07) is 2.54. The number of aliphatic hydroxyl groups is 1. The van der Waals surface area contributed by atoms with Gasteiger partial charge in [0.05, 0.1) is 20.3 Å². The first kappa shape index (κ1) is 16.6. The van der Waals surface area contributed by atoms with Crippen molar-refractivity contribution in [1.29, 1.82) is 0 Å². The van der Waals surface area contributed by atoms with Gasteiger partial charge in [0.2, 0.25) is 0 Å². The zero-order valence-electron chi connectivity index (χ0n) is 11.9. The van der Waals surface area contributed by atoms with Crippen LogP contribution in [-0.2, 0) is 4.79 Å². The van der Waals surface area contributed by atoms with E-state index in [0.717, 1.165) is 0 Å². The van der Waals surface area contributed by atoms with Crippen LogP contribution in [0, 0.1) is 0 Å². The molecule has 0 radical (unpaired) electrons. The number of ether oxygens (including phenoxy) is 2. The van der Waals surface area contributed by atoms with Crippen LogP contribution in [0.5, 0.6) is 11.5 Å². The third-order valence-electron chi connectivity index (χ3n) is 2.64. The van der Waals surface area contributed by atoms with Gasteiger partial charge in [-0.25, -0.2) is 9.59 Å². The molecule has 4 N–H and O–H groups in total. The van der Waals surface area contributed by atoms with Gasteiger partial charge in [0.25, 0.3) is 0 Å². The monoisotopic (exact) mass is 298 g/mol. The van der Waals surface area contributed by atoms with Gasteiger partial charge < -0.3 is 30.3 Å². The highest BCUT2D eigenvalue weighted by Crippen LogP contribution is 2.25. The number of methoxy groups -OCH3 is 2. The molecule has 1 aromatic rings. The maximum absolute atomic E-state index is 11.8. The number of carboxylic acids is 1. The van der Waals surface area contributed by atoms with E-state index < -0.39 is 24.1 Å². The molecule has 0 spiro atoms. The lowest BCUT2D eigenvalue weighted by Gasteiger charge is -2.17. The van der Waals surface area contributed by atoms with Crippen molar-refractivity contribution < 1.29 is 29.3 Å². The molecule has 2 atom stereocenters. The zero-order valence-corrected chi connectivity index (χ0v) is 11.9. The molecular weight excluding hydrogens is 280 g/mol. The fraction of sp³-hybridized carbons (Fsp3) is 0.385. The Labute approximate surface area is 121 Å². The minimum Gasteiger partial charge on any atom is -0.497 e. The Morgan fingerprint density at radius 3 is 2.05 bits per heavy atom. The highest BCUT2D eigenvalue weighted by Gasteiger charge is 2.25. The summed E-state index contributed by atoms with van der Waals surface area (Å²) in [6.45, 7) is 1.27. The van der Waals surface area contributed by atoms with E-state index in [1.807, 2.05) is 0 Å². The van der Waals surface area contributed by atoms with Crippen LogP contribution >= 0.6 is 0 Å². The lowest BCUT2D eigenvalue weighted by molar-refractivity contribution is -0.141. The average molecular weight is 298 g/mol. The minimum absolute atomic E-state index is 0.360. The number of aliphatic hydroxyl groups excluding tert-OH is 1.